The SMILES string of the molecule is CCOC(=O)c1ccc(-c2ccccc2)cc1NC(=O)CC(C)=O. The highest BCUT2D eigenvalue weighted by atomic mass is 16.5. The van der Waals surface area contributed by atoms with Crippen LogP contribution in [0.15, 0.2) is 48.5 Å². The van der Waals surface area contributed by atoms with Gasteiger partial charge >= 0.3 is 5.97 Å². The van der Waals surface area contributed by atoms with Crippen molar-refractivity contribution in [1.29, 1.82) is 0 Å². The molecule has 0 heterocycles. The smallest absolute Gasteiger partial charge is 0.340 e. The molecule has 0 saturated carbocycles. The lowest BCUT2D eigenvalue weighted by atomic mass is 10.0. The van der Waals surface area contributed by atoms with Crippen LogP contribution in [0.1, 0.15) is 30.6 Å². The molecule has 0 saturated heterocycles. The molecule has 0 aromatic heterocycles. The van der Waals surface area contributed by atoms with Crippen LogP contribution in [-0.4, -0.2) is 24.3 Å². The van der Waals surface area contributed by atoms with Crippen molar-refractivity contribution in [2.45, 2.75) is 20.3 Å². The van der Waals surface area contributed by atoms with Crippen molar-refractivity contribution < 1.29 is 19.1 Å². The van der Waals surface area contributed by atoms with E-state index in [1.54, 1.807) is 25.1 Å². The normalized spacial score (nSPS) is 10.1. The summed E-state index contributed by atoms with van der Waals surface area (Å²) in [5, 5.41) is 2.63. The Morgan fingerprint density at radius 2 is 1.71 bits per heavy atom. The maximum atomic E-state index is 12.1. The van der Waals surface area contributed by atoms with Crippen LogP contribution in [0.3, 0.4) is 0 Å². The van der Waals surface area contributed by atoms with E-state index in [2.05, 4.69) is 5.32 Å². The summed E-state index contributed by atoms with van der Waals surface area (Å²) < 4.78 is 5.02. The zero-order chi connectivity index (χ0) is 17.5. The number of hydrogen-bond donors (Lipinski definition) is 1. The summed E-state index contributed by atoms with van der Waals surface area (Å²) in [4.78, 5) is 35.1. The first-order valence-corrected chi connectivity index (χ1v) is 7.67. The first-order chi connectivity index (χ1) is 11.5. The van der Waals surface area contributed by atoms with Crippen LogP contribution in [0, 0.1) is 0 Å². The lowest BCUT2D eigenvalue weighted by molar-refractivity contribution is -0.124. The van der Waals surface area contributed by atoms with E-state index in [1.807, 2.05) is 30.3 Å². The molecule has 0 aliphatic heterocycles. The zero-order valence-corrected chi connectivity index (χ0v) is 13.7. The van der Waals surface area contributed by atoms with Crippen molar-refractivity contribution in [3.63, 3.8) is 0 Å². The van der Waals surface area contributed by atoms with Gasteiger partial charge in [-0.15, -0.1) is 0 Å². The van der Waals surface area contributed by atoms with Crippen LogP contribution in [0.2, 0.25) is 0 Å². The van der Waals surface area contributed by atoms with Gasteiger partial charge in [-0.1, -0.05) is 36.4 Å². The fourth-order valence-corrected chi connectivity index (χ4v) is 2.27. The number of hydrogen-bond acceptors (Lipinski definition) is 4. The van der Waals surface area contributed by atoms with Gasteiger partial charge in [-0.25, -0.2) is 4.79 Å². The van der Waals surface area contributed by atoms with Gasteiger partial charge < -0.3 is 10.1 Å². The molecule has 0 atom stereocenters. The minimum absolute atomic E-state index is 0.236. The molecular formula is C19H19NO4. The second-order valence-electron chi connectivity index (χ2n) is 5.27. The van der Waals surface area contributed by atoms with E-state index in [0.29, 0.717) is 5.69 Å². The molecule has 0 fully saturated rings. The van der Waals surface area contributed by atoms with Gasteiger partial charge in [0, 0.05) is 0 Å². The summed E-state index contributed by atoms with van der Waals surface area (Å²) in [6.07, 6.45) is -0.238. The first-order valence-electron chi connectivity index (χ1n) is 7.67. The molecule has 1 amide bonds. The quantitative estimate of drug-likeness (QED) is 0.652. The zero-order valence-electron chi connectivity index (χ0n) is 13.7. The topological polar surface area (TPSA) is 72.5 Å². The number of benzene rings is 2. The third-order valence-electron chi connectivity index (χ3n) is 3.31. The molecule has 5 nitrogen and oxygen atoms in total. The molecule has 0 aliphatic rings. The molecule has 1 N–H and O–H groups in total. The Morgan fingerprint density at radius 3 is 2.33 bits per heavy atom. The Hall–Kier alpha value is -2.95. The van der Waals surface area contributed by atoms with Gasteiger partial charge in [0.15, 0.2) is 0 Å². The fourth-order valence-electron chi connectivity index (χ4n) is 2.27. The number of ketones is 1. The number of amides is 1. The molecule has 0 aliphatic carbocycles. The lowest BCUT2D eigenvalue weighted by Crippen LogP contribution is -2.18. The Kier molecular flexibility index (Phi) is 5.84. The molecule has 2 aromatic rings. The van der Waals surface area contributed by atoms with Gasteiger partial charge in [-0.2, -0.15) is 0 Å². The molecule has 0 unspecified atom stereocenters. The number of carbonyl (C=O) groups is 3. The highest BCUT2D eigenvalue weighted by molar-refractivity contribution is 6.07. The maximum absolute atomic E-state index is 12.1. The van der Waals surface area contributed by atoms with E-state index in [1.165, 1.54) is 6.92 Å². The highest BCUT2D eigenvalue weighted by Crippen LogP contribution is 2.26. The van der Waals surface area contributed by atoms with E-state index in [4.69, 9.17) is 4.74 Å². The van der Waals surface area contributed by atoms with Crippen molar-refractivity contribution in [2.24, 2.45) is 0 Å². The molecule has 0 spiro atoms. The Labute approximate surface area is 140 Å². The van der Waals surface area contributed by atoms with E-state index >= 15 is 0 Å². The molecule has 2 rings (SSSR count). The van der Waals surface area contributed by atoms with Crippen LogP contribution in [-0.2, 0) is 14.3 Å². The van der Waals surface area contributed by atoms with Gasteiger partial charge in [0.25, 0.3) is 0 Å². The summed E-state index contributed by atoms with van der Waals surface area (Å²) in [5.74, 6) is -1.22. The Morgan fingerprint density at radius 1 is 1.00 bits per heavy atom. The maximum Gasteiger partial charge on any atom is 0.340 e. The molecule has 0 radical (unpaired) electrons. The fraction of sp³-hybridized carbons (Fsp3) is 0.211. The Balaban J connectivity index is 2.39. The standard InChI is InChI=1S/C19H19NO4/c1-3-24-19(23)16-10-9-15(14-7-5-4-6-8-14)12-17(16)20-18(22)11-13(2)21/h4-10,12H,3,11H2,1-2H3,(H,20,22). The predicted octanol–water partition coefficient (Wildman–Crippen LogP) is 3.45. The first kappa shape index (κ1) is 17.4. The number of carbonyl (C=O) groups excluding carboxylic acids is 3. The minimum Gasteiger partial charge on any atom is -0.462 e. The van der Waals surface area contributed by atoms with Crippen molar-refractivity contribution in [3.05, 3.63) is 54.1 Å². The second-order valence-corrected chi connectivity index (χ2v) is 5.27. The van der Waals surface area contributed by atoms with Crippen LogP contribution < -0.4 is 5.32 Å². The van der Waals surface area contributed by atoms with Gasteiger partial charge in [0.1, 0.15) is 5.78 Å². The van der Waals surface area contributed by atoms with E-state index in [9.17, 15) is 14.4 Å². The number of nitrogens with one attached hydrogen (secondary N) is 1. The minimum atomic E-state index is -0.518. The largest absolute Gasteiger partial charge is 0.462 e. The average Bonchev–Trinajstić information content (AvgIpc) is 2.55. The number of rotatable bonds is 6. The van der Waals surface area contributed by atoms with Crippen LogP contribution >= 0.6 is 0 Å². The molecule has 5 heteroatoms. The molecule has 124 valence electrons. The summed E-state index contributed by atoms with van der Waals surface area (Å²) >= 11 is 0. The predicted molar refractivity (Wildman–Crippen MR) is 91.8 cm³/mol. The second kappa shape index (κ2) is 8.06. The van der Waals surface area contributed by atoms with Crippen molar-refractivity contribution in [1.82, 2.24) is 0 Å². The summed E-state index contributed by atoms with van der Waals surface area (Å²) in [6.45, 7) is 3.29. The summed E-state index contributed by atoms with van der Waals surface area (Å²) in [7, 11) is 0. The lowest BCUT2D eigenvalue weighted by Gasteiger charge is -2.12. The summed E-state index contributed by atoms with van der Waals surface area (Å²) in [6, 6.07) is 14.7. The van der Waals surface area contributed by atoms with Crippen LogP contribution in [0.4, 0.5) is 5.69 Å². The third kappa shape index (κ3) is 4.52. The van der Waals surface area contributed by atoms with Crippen molar-refractivity contribution in [3.8, 4) is 11.1 Å². The van der Waals surface area contributed by atoms with Crippen LogP contribution in [0.5, 0.6) is 0 Å². The van der Waals surface area contributed by atoms with Gasteiger partial charge in [-0.3, -0.25) is 9.59 Å². The number of Topliss-reactive ketones (excluding diaryl/α,β-unsaturated/α-hetero) is 1. The monoisotopic (exact) mass is 325 g/mol. The number of esters is 1. The van der Waals surface area contributed by atoms with Crippen LogP contribution in [0.25, 0.3) is 11.1 Å². The highest BCUT2D eigenvalue weighted by Gasteiger charge is 2.16. The summed E-state index contributed by atoms with van der Waals surface area (Å²) in [5.41, 5.74) is 2.39. The van der Waals surface area contributed by atoms with E-state index in [0.717, 1.165) is 11.1 Å². The number of ether oxygens (including phenoxy) is 1. The van der Waals surface area contributed by atoms with E-state index < -0.39 is 11.9 Å². The molecule has 24 heavy (non-hydrogen) atoms. The third-order valence-corrected chi connectivity index (χ3v) is 3.31. The van der Waals surface area contributed by atoms with Crippen molar-refractivity contribution in [2.75, 3.05) is 11.9 Å². The number of anilines is 1. The van der Waals surface area contributed by atoms with Gasteiger partial charge in [0.05, 0.1) is 24.3 Å². The van der Waals surface area contributed by atoms with Gasteiger partial charge in [-0.05, 0) is 37.1 Å². The van der Waals surface area contributed by atoms with Gasteiger partial charge in [0.2, 0.25) is 5.91 Å². The molecule has 0 bridgehead atoms. The molecule has 2 aromatic carbocycles. The molecular weight excluding hydrogens is 306 g/mol. The average molecular weight is 325 g/mol. The Bertz CT molecular complexity index is 753. The van der Waals surface area contributed by atoms with Crippen molar-refractivity contribution >= 4 is 23.3 Å². The van der Waals surface area contributed by atoms with E-state index in [-0.39, 0.29) is 24.4 Å².